The number of allylic oxidation sites excluding steroid dienone is 2. The molecule has 2 nitrogen and oxygen atoms in total. The predicted octanol–water partition coefficient (Wildman–Crippen LogP) is 3.18. The van der Waals surface area contributed by atoms with Crippen LogP contribution >= 0.6 is 0 Å². The molecule has 14 heavy (non-hydrogen) atoms. The van der Waals surface area contributed by atoms with Gasteiger partial charge in [0.2, 0.25) is 0 Å². The molecule has 3 heteroatoms. The predicted molar refractivity (Wildman–Crippen MR) is 55.0 cm³/mol. The first-order valence-corrected chi connectivity index (χ1v) is 4.96. The third kappa shape index (κ3) is 3.90. The summed E-state index contributed by atoms with van der Waals surface area (Å²) in [5.41, 5.74) is -1.83. The molecule has 0 saturated heterocycles. The van der Waals surface area contributed by atoms with Gasteiger partial charge in [0.05, 0.1) is 0 Å². The second kappa shape index (κ2) is 5.13. The van der Waals surface area contributed by atoms with Gasteiger partial charge in [-0.05, 0) is 26.7 Å². The van der Waals surface area contributed by atoms with Gasteiger partial charge >= 0.3 is 0 Å². The molecular formula is C11H19FO2. The van der Waals surface area contributed by atoms with E-state index in [1.807, 2.05) is 13.8 Å². The summed E-state index contributed by atoms with van der Waals surface area (Å²) in [5, 5.41) is 9.26. The largest absolute Gasteiger partial charge is 0.509 e. The maximum atomic E-state index is 13.1. The summed E-state index contributed by atoms with van der Waals surface area (Å²) in [4.78, 5) is 11.5. The SMILES string of the molecule is CCC(CC)C(=O)/C=C(\O)C(C)(C)F. The number of carbonyl (C=O) groups excluding carboxylic acids is 1. The average Bonchev–Trinajstić information content (AvgIpc) is 2.04. The molecule has 0 aliphatic rings. The summed E-state index contributed by atoms with van der Waals surface area (Å²) >= 11 is 0. The van der Waals surface area contributed by atoms with Crippen LogP contribution in [0.1, 0.15) is 40.5 Å². The Bertz CT molecular complexity index is 222. The van der Waals surface area contributed by atoms with E-state index in [4.69, 9.17) is 0 Å². The lowest BCUT2D eigenvalue weighted by atomic mass is 9.96. The number of ketones is 1. The summed E-state index contributed by atoms with van der Waals surface area (Å²) in [5.74, 6) is -0.799. The van der Waals surface area contributed by atoms with Crippen molar-refractivity contribution in [1.29, 1.82) is 0 Å². The summed E-state index contributed by atoms with van der Waals surface area (Å²) < 4.78 is 13.1. The maximum absolute atomic E-state index is 13.1. The molecule has 0 atom stereocenters. The molecule has 0 rings (SSSR count). The fourth-order valence-corrected chi connectivity index (χ4v) is 1.12. The first-order chi connectivity index (χ1) is 6.32. The van der Waals surface area contributed by atoms with E-state index in [0.717, 1.165) is 6.08 Å². The van der Waals surface area contributed by atoms with E-state index in [-0.39, 0.29) is 11.7 Å². The van der Waals surface area contributed by atoms with Crippen molar-refractivity contribution in [2.75, 3.05) is 0 Å². The zero-order valence-electron chi connectivity index (χ0n) is 9.30. The minimum atomic E-state index is -1.83. The zero-order chi connectivity index (χ0) is 11.4. The highest BCUT2D eigenvalue weighted by Gasteiger charge is 2.23. The summed E-state index contributed by atoms with van der Waals surface area (Å²) in [6.45, 7) is 6.24. The summed E-state index contributed by atoms with van der Waals surface area (Å²) in [6.07, 6.45) is 2.44. The molecule has 0 aliphatic carbocycles. The number of alkyl halides is 1. The fraction of sp³-hybridized carbons (Fsp3) is 0.727. The number of halogens is 1. The van der Waals surface area contributed by atoms with Crippen LogP contribution in [0.25, 0.3) is 0 Å². The van der Waals surface area contributed by atoms with Gasteiger partial charge in [-0.3, -0.25) is 4.79 Å². The Morgan fingerprint density at radius 2 is 1.86 bits per heavy atom. The first kappa shape index (κ1) is 13.1. The molecule has 0 aromatic carbocycles. The van der Waals surface area contributed by atoms with Crippen LogP contribution in [0.2, 0.25) is 0 Å². The van der Waals surface area contributed by atoms with Crippen LogP contribution in [0, 0.1) is 5.92 Å². The molecule has 0 bridgehead atoms. The molecule has 0 amide bonds. The Morgan fingerprint density at radius 3 is 2.14 bits per heavy atom. The standard InChI is InChI=1S/C11H19FO2/c1-5-8(6-2)9(13)7-10(14)11(3,4)12/h7-8,14H,5-6H2,1-4H3/b10-7-. The van der Waals surface area contributed by atoms with Crippen molar-refractivity contribution in [2.24, 2.45) is 5.92 Å². The van der Waals surface area contributed by atoms with E-state index < -0.39 is 11.4 Å². The molecule has 0 saturated carbocycles. The van der Waals surface area contributed by atoms with Gasteiger partial charge < -0.3 is 5.11 Å². The minimum absolute atomic E-state index is 0.112. The van der Waals surface area contributed by atoms with Gasteiger partial charge in [-0.1, -0.05) is 13.8 Å². The van der Waals surface area contributed by atoms with Gasteiger partial charge in [-0.25, -0.2) is 4.39 Å². The van der Waals surface area contributed by atoms with Crippen LogP contribution in [0.15, 0.2) is 11.8 Å². The highest BCUT2D eigenvalue weighted by atomic mass is 19.1. The monoisotopic (exact) mass is 202 g/mol. The van der Waals surface area contributed by atoms with Crippen molar-refractivity contribution < 1.29 is 14.3 Å². The van der Waals surface area contributed by atoms with Crippen LogP contribution in [0.4, 0.5) is 4.39 Å². The van der Waals surface area contributed by atoms with Crippen LogP contribution in [0.5, 0.6) is 0 Å². The number of aliphatic hydroxyl groups excluding tert-OH is 1. The van der Waals surface area contributed by atoms with E-state index in [1.165, 1.54) is 13.8 Å². The molecule has 0 fully saturated rings. The quantitative estimate of drug-likeness (QED) is 0.549. The van der Waals surface area contributed by atoms with Crippen molar-refractivity contribution >= 4 is 5.78 Å². The molecule has 0 spiro atoms. The average molecular weight is 202 g/mol. The van der Waals surface area contributed by atoms with E-state index >= 15 is 0 Å². The molecule has 82 valence electrons. The van der Waals surface area contributed by atoms with Crippen LogP contribution in [0.3, 0.4) is 0 Å². The number of hydrogen-bond acceptors (Lipinski definition) is 2. The lowest BCUT2D eigenvalue weighted by Gasteiger charge is -2.14. The molecule has 0 aromatic heterocycles. The molecule has 1 N–H and O–H groups in total. The first-order valence-electron chi connectivity index (χ1n) is 4.96. The number of aliphatic hydroxyl groups is 1. The van der Waals surface area contributed by atoms with Crippen molar-refractivity contribution in [1.82, 2.24) is 0 Å². The molecule has 0 unspecified atom stereocenters. The normalized spacial score (nSPS) is 13.4. The van der Waals surface area contributed by atoms with E-state index in [1.54, 1.807) is 0 Å². The van der Waals surface area contributed by atoms with Gasteiger partial charge in [0.1, 0.15) is 5.76 Å². The Hall–Kier alpha value is -0.860. The Balaban J connectivity index is 4.58. The van der Waals surface area contributed by atoms with Gasteiger partial charge in [0, 0.05) is 12.0 Å². The lowest BCUT2D eigenvalue weighted by molar-refractivity contribution is -0.118. The van der Waals surface area contributed by atoms with Crippen molar-refractivity contribution in [3.05, 3.63) is 11.8 Å². The second-order valence-corrected chi connectivity index (χ2v) is 3.92. The van der Waals surface area contributed by atoms with Crippen molar-refractivity contribution in [3.8, 4) is 0 Å². The Kier molecular flexibility index (Phi) is 4.81. The third-order valence-electron chi connectivity index (χ3n) is 2.28. The van der Waals surface area contributed by atoms with Gasteiger partial charge in [-0.15, -0.1) is 0 Å². The smallest absolute Gasteiger partial charge is 0.162 e. The fourth-order valence-electron chi connectivity index (χ4n) is 1.12. The van der Waals surface area contributed by atoms with E-state index in [9.17, 15) is 14.3 Å². The van der Waals surface area contributed by atoms with Crippen LogP contribution in [-0.2, 0) is 4.79 Å². The molecule has 0 heterocycles. The minimum Gasteiger partial charge on any atom is -0.509 e. The molecule has 0 aromatic rings. The highest BCUT2D eigenvalue weighted by Crippen LogP contribution is 2.19. The Morgan fingerprint density at radius 1 is 1.43 bits per heavy atom. The van der Waals surface area contributed by atoms with Gasteiger partial charge in [-0.2, -0.15) is 0 Å². The number of hydrogen-bond donors (Lipinski definition) is 1. The lowest BCUT2D eigenvalue weighted by Crippen LogP contribution is -2.19. The molecule has 0 aliphatic heterocycles. The van der Waals surface area contributed by atoms with E-state index in [2.05, 4.69) is 0 Å². The maximum Gasteiger partial charge on any atom is 0.162 e. The van der Waals surface area contributed by atoms with Crippen molar-refractivity contribution in [3.63, 3.8) is 0 Å². The second-order valence-electron chi connectivity index (χ2n) is 3.92. The zero-order valence-corrected chi connectivity index (χ0v) is 9.30. The van der Waals surface area contributed by atoms with Crippen LogP contribution < -0.4 is 0 Å². The Labute approximate surface area is 84.8 Å². The van der Waals surface area contributed by atoms with Crippen LogP contribution in [-0.4, -0.2) is 16.6 Å². The third-order valence-corrected chi connectivity index (χ3v) is 2.28. The topological polar surface area (TPSA) is 37.3 Å². The number of carbonyl (C=O) groups is 1. The summed E-state index contributed by atoms with van der Waals surface area (Å²) in [6, 6.07) is 0. The number of rotatable bonds is 5. The summed E-state index contributed by atoms with van der Waals surface area (Å²) in [7, 11) is 0. The van der Waals surface area contributed by atoms with Gasteiger partial charge in [0.25, 0.3) is 0 Å². The van der Waals surface area contributed by atoms with E-state index in [0.29, 0.717) is 12.8 Å². The highest BCUT2D eigenvalue weighted by molar-refractivity contribution is 5.92. The van der Waals surface area contributed by atoms with Crippen molar-refractivity contribution in [2.45, 2.75) is 46.2 Å². The molecular weight excluding hydrogens is 183 g/mol. The molecule has 0 radical (unpaired) electrons. The van der Waals surface area contributed by atoms with Gasteiger partial charge in [0.15, 0.2) is 11.5 Å².